The molecule has 4 amide bonds. The number of sulfonamides is 1. The zero-order valence-electron chi connectivity index (χ0n) is 40.0. The molecule has 2 aliphatic carbocycles. The van der Waals surface area contributed by atoms with Crippen molar-refractivity contribution in [1.82, 2.24) is 24.5 Å². The Morgan fingerprint density at radius 2 is 1.78 bits per heavy atom. The summed E-state index contributed by atoms with van der Waals surface area (Å²) in [5.41, 5.74) is 2.96. The lowest BCUT2D eigenvalue weighted by atomic mass is 9.91. The number of hydrogen-bond acceptors (Lipinski definition) is 13. The average Bonchev–Trinajstić information content (AvgIpc) is 4.10. The van der Waals surface area contributed by atoms with Crippen LogP contribution in [0.2, 0.25) is 0 Å². The topological polar surface area (TPSA) is 198 Å². The molecule has 69 heavy (non-hydrogen) atoms. The summed E-state index contributed by atoms with van der Waals surface area (Å²) >= 11 is 1.50. The van der Waals surface area contributed by atoms with Gasteiger partial charge in [-0.3, -0.25) is 19.1 Å². The number of urea groups is 1. The number of anilines is 2. The summed E-state index contributed by atoms with van der Waals surface area (Å²) in [6.45, 7) is 9.73. The number of rotatable bonds is 11. The second-order valence-corrected chi connectivity index (χ2v) is 22.9. The summed E-state index contributed by atoms with van der Waals surface area (Å²) in [5, 5.41) is 9.94. The molecular formula is C51H63N7O9S2. The molecule has 9 rings (SSSR count). The van der Waals surface area contributed by atoms with E-state index in [0.29, 0.717) is 92.5 Å². The first kappa shape index (κ1) is 48.4. The molecule has 3 N–H and O–H groups in total. The molecule has 0 spiro atoms. The number of morpholine rings is 1. The van der Waals surface area contributed by atoms with Gasteiger partial charge in [0.25, 0.3) is 0 Å². The van der Waals surface area contributed by atoms with Gasteiger partial charge in [-0.15, -0.1) is 11.3 Å². The number of carbonyl (C=O) groups is 4. The number of thiazole rings is 1. The lowest BCUT2D eigenvalue weighted by molar-refractivity contribution is -0.139. The van der Waals surface area contributed by atoms with Gasteiger partial charge in [0.1, 0.15) is 34.3 Å². The maximum Gasteiger partial charge on any atom is 0.322 e. The second-order valence-electron chi connectivity index (χ2n) is 19.9. The van der Waals surface area contributed by atoms with E-state index < -0.39 is 44.3 Å². The van der Waals surface area contributed by atoms with E-state index in [-0.39, 0.29) is 48.9 Å². The van der Waals surface area contributed by atoms with Crippen LogP contribution in [0.15, 0.2) is 60.0 Å². The molecule has 3 aliphatic heterocycles. The van der Waals surface area contributed by atoms with Crippen LogP contribution in [0, 0.1) is 18.3 Å². The van der Waals surface area contributed by atoms with Crippen molar-refractivity contribution >= 4 is 67.3 Å². The fraction of sp³-hybridized carbons (Fsp3) is 0.529. The van der Waals surface area contributed by atoms with E-state index in [1.807, 2.05) is 54.8 Å². The summed E-state index contributed by atoms with van der Waals surface area (Å²) in [4.78, 5) is 71.0. The Morgan fingerprint density at radius 3 is 2.52 bits per heavy atom. The molecule has 0 radical (unpaired) electrons. The molecule has 18 heteroatoms. The number of hydrogen-bond donors (Lipinski definition) is 3. The summed E-state index contributed by atoms with van der Waals surface area (Å²) in [6, 6.07) is 10.9. The molecule has 0 unspecified atom stereocenters. The van der Waals surface area contributed by atoms with E-state index in [9.17, 15) is 18.0 Å². The Labute approximate surface area is 408 Å². The summed E-state index contributed by atoms with van der Waals surface area (Å²) in [6.07, 6.45) is 8.06. The first-order valence-electron chi connectivity index (χ1n) is 24.3. The van der Waals surface area contributed by atoms with Crippen LogP contribution in [0.1, 0.15) is 102 Å². The number of allylic oxidation sites excluding steroid dienone is 2. The van der Waals surface area contributed by atoms with E-state index >= 15 is 9.59 Å². The number of ether oxygens (including phenoxy) is 3. The van der Waals surface area contributed by atoms with Crippen molar-refractivity contribution in [3.8, 4) is 22.2 Å². The van der Waals surface area contributed by atoms with Gasteiger partial charge in [0.15, 0.2) is 5.78 Å². The molecule has 2 saturated heterocycles. The van der Waals surface area contributed by atoms with Crippen LogP contribution >= 0.6 is 11.3 Å². The number of methoxy groups -OCH3 is 1. The van der Waals surface area contributed by atoms with E-state index in [1.54, 1.807) is 36.0 Å². The predicted octanol–water partition coefficient (Wildman–Crippen LogP) is 7.98. The number of Topliss-reactive ketones (excluding diaryl/α,β-unsaturated/α-hetero) is 1. The molecule has 16 nitrogen and oxygen atoms in total. The largest absolute Gasteiger partial charge is 0.496 e. The molecule has 4 fully saturated rings. The first-order valence-corrected chi connectivity index (χ1v) is 26.6. The molecule has 2 saturated carbocycles. The van der Waals surface area contributed by atoms with Gasteiger partial charge in [-0.25, -0.2) is 23.2 Å². The number of nitrogens with one attached hydrogen (secondary N) is 3. The Morgan fingerprint density at radius 1 is 1.00 bits per heavy atom. The third-order valence-electron chi connectivity index (χ3n) is 14.6. The van der Waals surface area contributed by atoms with Crippen LogP contribution in [-0.4, -0.2) is 115 Å². The summed E-state index contributed by atoms with van der Waals surface area (Å²) < 4.78 is 46.3. The Balaban J connectivity index is 1.05. The van der Waals surface area contributed by atoms with E-state index in [2.05, 4.69) is 29.2 Å². The van der Waals surface area contributed by atoms with Crippen LogP contribution in [-0.2, 0) is 29.1 Å². The minimum absolute atomic E-state index is 0.0708. The molecule has 5 heterocycles. The van der Waals surface area contributed by atoms with Crippen LogP contribution in [0.4, 0.5) is 16.2 Å². The third kappa shape index (κ3) is 10.2. The second kappa shape index (κ2) is 19.7. The zero-order chi connectivity index (χ0) is 48.7. The highest BCUT2D eigenvalue weighted by Gasteiger charge is 2.62. The zero-order valence-corrected chi connectivity index (χ0v) is 41.7. The minimum Gasteiger partial charge on any atom is -0.496 e. The number of aryl methyl sites for hydroxylation is 1. The standard InChI is InChI=1S/C51H63N7O9S2/c1-31(2)40-30-68-46(55-40)39-26-44(37-16-17-43(65-5)32(3)45(37)54-39)67-36-25-41-42(59)28-51(48(61)56-69(63,64)50(4)18-19-50)27-33(51)12-9-7-6-8-10-15-38(47(60)58(41)29-36)52-34-13-11-14-35(24-34)53-49(62)57-20-22-66-23-21-57/h9,11-14,16-17,24,26,30-31,33,36,38,41,52H,6-8,10,15,18-23,25,27-29H2,1-5H3,(H,53,62)(H,56,61)/b12-9-/t33-,36-,38+,41+,51-/m1/s1. The van der Waals surface area contributed by atoms with Gasteiger partial charge in [0, 0.05) is 59.7 Å². The van der Waals surface area contributed by atoms with E-state index in [0.717, 1.165) is 40.9 Å². The van der Waals surface area contributed by atoms with Crippen molar-refractivity contribution < 1.29 is 41.8 Å². The van der Waals surface area contributed by atoms with Crippen molar-refractivity contribution in [2.24, 2.45) is 11.3 Å². The Hall–Kier alpha value is -5.59. The predicted molar refractivity (Wildman–Crippen MR) is 265 cm³/mol. The molecular weight excluding hydrogens is 919 g/mol. The van der Waals surface area contributed by atoms with Gasteiger partial charge in [0.05, 0.1) is 54.3 Å². The average molecular weight is 982 g/mol. The van der Waals surface area contributed by atoms with E-state index in [1.165, 1.54) is 11.3 Å². The van der Waals surface area contributed by atoms with Gasteiger partial charge in [-0.05, 0) is 94.5 Å². The monoisotopic (exact) mass is 981 g/mol. The van der Waals surface area contributed by atoms with Crippen molar-refractivity contribution in [1.29, 1.82) is 0 Å². The fourth-order valence-electron chi connectivity index (χ4n) is 9.80. The fourth-order valence-corrected chi connectivity index (χ4v) is 12.1. The maximum atomic E-state index is 15.3. The molecule has 2 aromatic heterocycles. The smallest absolute Gasteiger partial charge is 0.322 e. The van der Waals surface area contributed by atoms with Crippen molar-refractivity contribution in [2.45, 2.75) is 121 Å². The molecule has 2 aromatic carbocycles. The van der Waals surface area contributed by atoms with Gasteiger partial charge in [-0.1, -0.05) is 44.9 Å². The molecule has 5 aliphatic rings. The number of amides is 4. The minimum atomic E-state index is -3.98. The highest BCUT2D eigenvalue weighted by Crippen LogP contribution is 2.58. The lowest BCUT2D eigenvalue weighted by Gasteiger charge is -2.30. The number of carbonyl (C=O) groups excluding carboxylic acids is 4. The van der Waals surface area contributed by atoms with Crippen molar-refractivity contribution in [3.63, 3.8) is 0 Å². The summed E-state index contributed by atoms with van der Waals surface area (Å²) in [5.74, 6) is -0.234. The van der Waals surface area contributed by atoms with Gasteiger partial charge in [-0.2, -0.15) is 0 Å². The van der Waals surface area contributed by atoms with Crippen LogP contribution < -0.4 is 24.8 Å². The molecule has 4 aromatic rings. The van der Waals surface area contributed by atoms with Gasteiger partial charge >= 0.3 is 6.03 Å². The van der Waals surface area contributed by atoms with Crippen molar-refractivity contribution in [3.05, 3.63) is 71.3 Å². The number of fused-ring (bicyclic) bond motifs is 3. The van der Waals surface area contributed by atoms with Gasteiger partial charge < -0.3 is 34.6 Å². The SMILES string of the molecule is COc1ccc2c(O[C@@H]3C[C@H]4C(=O)C[C@]5(C(=O)NS(=O)(=O)C6(C)CC6)C[C@H]5/C=C\CCCCC[C@H](Nc5cccc(NC(=O)N6CCOCC6)c5)C(=O)N4C3)cc(-c3nc(C(C)C)cs3)nc2c1C. The van der Waals surface area contributed by atoms with Crippen LogP contribution in [0.25, 0.3) is 21.6 Å². The highest BCUT2D eigenvalue weighted by atomic mass is 32.2. The normalized spacial score (nSPS) is 25.5. The van der Waals surface area contributed by atoms with E-state index in [4.69, 9.17) is 24.2 Å². The number of aromatic nitrogens is 2. The highest BCUT2D eigenvalue weighted by molar-refractivity contribution is 7.91. The Kier molecular flexibility index (Phi) is 13.8. The molecule has 368 valence electrons. The van der Waals surface area contributed by atoms with Gasteiger partial charge in [0.2, 0.25) is 21.8 Å². The lowest BCUT2D eigenvalue weighted by Crippen LogP contribution is -2.49. The van der Waals surface area contributed by atoms with Crippen LogP contribution in [0.3, 0.4) is 0 Å². The van der Waals surface area contributed by atoms with Crippen molar-refractivity contribution in [2.75, 3.05) is 50.6 Å². The number of ketones is 1. The number of pyridine rings is 1. The third-order valence-corrected chi connectivity index (χ3v) is 17.6. The Bertz CT molecular complexity index is 2770. The molecule has 5 atom stereocenters. The maximum absolute atomic E-state index is 15.3. The summed E-state index contributed by atoms with van der Waals surface area (Å²) in [7, 11) is -2.37. The molecule has 0 bridgehead atoms. The number of nitrogens with zero attached hydrogens (tertiary/aromatic N) is 4. The quantitative estimate of drug-likeness (QED) is 0.123. The first-order chi connectivity index (χ1) is 33.1. The number of benzene rings is 2. The van der Waals surface area contributed by atoms with Crippen LogP contribution in [0.5, 0.6) is 11.5 Å².